The second-order valence-corrected chi connectivity index (χ2v) is 6.88. The van der Waals surface area contributed by atoms with E-state index in [0.29, 0.717) is 24.6 Å². The van der Waals surface area contributed by atoms with Gasteiger partial charge in [0.15, 0.2) is 17.6 Å². The smallest absolute Gasteiger partial charge is 0.191 e. The lowest BCUT2D eigenvalue weighted by atomic mass is 10.0. The van der Waals surface area contributed by atoms with E-state index in [4.69, 9.17) is 0 Å². The first-order chi connectivity index (χ1) is 12.5. The highest BCUT2D eigenvalue weighted by atomic mass is 127. The molecule has 2 rings (SSSR count). The third kappa shape index (κ3) is 8.13. The number of nitrogens with zero attached hydrogens (tertiary/aromatic N) is 2. The highest BCUT2D eigenvalue weighted by Crippen LogP contribution is 2.13. The fourth-order valence-electron chi connectivity index (χ4n) is 3.16. The summed E-state index contributed by atoms with van der Waals surface area (Å²) in [5.41, 5.74) is 1.55. The van der Waals surface area contributed by atoms with Crippen LogP contribution < -0.4 is 10.6 Å². The summed E-state index contributed by atoms with van der Waals surface area (Å²) in [5.74, 6) is -0.841. The molecule has 27 heavy (non-hydrogen) atoms. The minimum absolute atomic E-state index is 0. The van der Waals surface area contributed by atoms with Crippen molar-refractivity contribution in [2.24, 2.45) is 4.99 Å². The van der Waals surface area contributed by atoms with Crippen LogP contribution in [-0.2, 0) is 6.42 Å². The van der Waals surface area contributed by atoms with Gasteiger partial charge in [-0.2, -0.15) is 0 Å². The molecule has 152 valence electrons. The minimum atomic E-state index is -0.807. The van der Waals surface area contributed by atoms with E-state index in [9.17, 15) is 8.78 Å². The van der Waals surface area contributed by atoms with E-state index >= 15 is 0 Å². The summed E-state index contributed by atoms with van der Waals surface area (Å²) in [7, 11) is 0. The van der Waals surface area contributed by atoms with Gasteiger partial charge in [-0.15, -0.1) is 24.0 Å². The number of piperidine rings is 1. The van der Waals surface area contributed by atoms with E-state index in [1.165, 1.54) is 11.6 Å². The summed E-state index contributed by atoms with van der Waals surface area (Å²) >= 11 is 0. The fraction of sp³-hybridized carbons (Fsp3) is 0.550. The number of benzene rings is 1. The summed E-state index contributed by atoms with van der Waals surface area (Å²) in [5, 5.41) is 6.69. The maximum atomic E-state index is 13.7. The van der Waals surface area contributed by atoms with Crippen molar-refractivity contribution in [3.05, 3.63) is 47.5 Å². The Hall–Kier alpha value is -1.22. The molecule has 1 fully saturated rings. The number of likely N-dealkylation sites (tertiary alicyclic amines) is 1. The highest BCUT2D eigenvalue weighted by Gasteiger charge is 2.19. The Labute approximate surface area is 178 Å². The van der Waals surface area contributed by atoms with Crippen LogP contribution in [0.25, 0.3) is 0 Å². The van der Waals surface area contributed by atoms with E-state index in [-0.39, 0.29) is 24.0 Å². The fourth-order valence-corrected chi connectivity index (χ4v) is 3.16. The monoisotopic (exact) mass is 492 g/mol. The molecular formula is C20H31F2IN4. The molecule has 0 spiro atoms. The van der Waals surface area contributed by atoms with Crippen LogP contribution >= 0.6 is 24.0 Å². The first kappa shape index (κ1) is 23.8. The lowest BCUT2D eigenvalue weighted by Crippen LogP contribution is -2.49. The van der Waals surface area contributed by atoms with Gasteiger partial charge in [0.1, 0.15) is 0 Å². The van der Waals surface area contributed by atoms with Crippen LogP contribution in [0.1, 0.15) is 32.3 Å². The van der Waals surface area contributed by atoms with Gasteiger partial charge in [-0.25, -0.2) is 8.78 Å². The van der Waals surface area contributed by atoms with Crippen LogP contribution in [0.4, 0.5) is 8.78 Å². The van der Waals surface area contributed by atoms with E-state index in [1.807, 2.05) is 6.92 Å². The predicted molar refractivity (Wildman–Crippen MR) is 119 cm³/mol. The van der Waals surface area contributed by atoms with Crippen molar-refractivity contribution in [1.82, 2.24) is 15.5 Å². The lowest BCUT2D eigenvalue weighted by molar-refractivity contribution is 0.221. The quantitative estimate of drug-likeness (QED) is 0.264. The number of rotatable bonds is 7. The first-order valence-electron chi connectivity index (χ1n) is 9.34. The summed E-state index contributed by atoms with van der Waals surface area (Å²) < 4.78 is 27.0. The Morgan fingerprint density at radius 2 is 2.00 bits per heavy atom. The average molecular weight is 492 g/mol. The maximum absolute atomic E-state index is 13.7. The maximum Gasteiger partial charge on any atom is 0.191 e. The zero-order valence-electron chi connectivity index (χ0n) is 16.2. The molecular weight excluding hydrogens is 461 g/mol. The van der Waals surface area contributed by atoms with Crippen molar-refractivity contribution < 1.29 is 8.78 Å². The Bertz CT molecular complexity index is 628. The molecule has 0 amide bonds. The molecule has 1 aromatic rings. The van der Waals surface area contributed by atoms with Crippen molar-refractivity contribution in [2.45, 2.75) is 39.2 Å². The molecule has 1 aliphatic heterocycles. The van der Waals surface area contributed by atoms with E-state index in [1.54, 1.807) is 6.07 Å². The van der Waals surface area contributed by atoms with Gasteiger partial charge >= 0.3 is 0 Å². The molecule has 0 unspecified atom stereocenters. The van der Waals surface area contributed by atoms with Gasteiger partial charge in [0.05, 0.1) is 0 Å². The molecule has 1 aliphatic rings. The third-order valence-electron chi connectivity index (χ3n) is 4.45. The second kappa shape index (κ2) is 12.3. The zero-order valence-corrected chi connectivity index (χ0v) is 18.6. The molecule has 1 saturated heterocycles. The number of aliphatic imine (C=N–C) groups is 1. The van der Waals surface area contributed by atoms with Crippen molar-refractivity contribution in [3.63, 3.8) is 0 Å². The second-order valence-electron chi connectivity index (χ2n) is 6.88. The normalized spacial score (nSPS) is 15.9. The number of hydrogen-bond acceptors (Lipinski definition) is 2. The number of hydrogen-bond donors (Lipinski definition) is 2. The Balaban J connectivity index is 0.00000364. The molecule has 0 aromatic heterocycles. The van der Waals surface area contributed by atoms with Crippen molar-refractivity contribution in [2.75, 3.05) is 32.7 Å². The van der Waals surface area contributed by atoms with Crippen LogP contribution in [-0.4, -0.2) is 49.6 Å². The molecule has 0 saturated carbocycles. The van der Waals surface area contributed by atoms with Gasteiger partial charge in [-0.05, 0) is 44.7 Å². The molecule has 0 aliphatic carbocycles. The van der Waals surface area contributed by atoms with Crippen LogP contribution in [0, 0.1) is 11.6 Å². The number of guanidine groups is 1. The van der Waals surface area contributed by atoms with E-state index < -0.39 is 11.6 Å². The molecule has 1 heterocycles. The zero-order chi connectivity index (χ0) is 18.9. The SMILES string of the molecule is C=C(C)CN1CCC(NC(=NCCc2cccc(F)c2F)NCC)CC1.I. The van der Waals surface area contributed by atoms with Gasteiger partial charge in [0.2, 0.25) is 0 Å². The Kier molecular flexibility index (Phi) is 10.8. The molecule has 1 aromatic carbocycles. The highest BCUT2D eigenvalue weighted by molar-refractivity contribution is 14.0. The van der Waals surface area contributed by atoms with Crippen LogP contribution in [0.15, 0.2) is 35.3 Å². The Morgan fingerprint density at radius 1 is 1.30 bits per heavy atom. The molecule has 2 N–H and O–H groups in total. The van der Waals surface area contributed by atoms with Gasteiger partial charge < -0.3 is 10.6 Å². The third-order valence-corrected chi connectivity index (χ3v) is 4.45. The van der Waals surface area contributed by atoms with E-state index in [2.05, 4.69) is 34.0 Å². The summed E-state index contributed by atoms with van der Waals surface area (Å²) in [6, 6.07) is 4.64. The van der Waals surface area contributed by atoms with Crippen molar-refractivity contribution >= 4 is 29.9 Å². The largest absolute Gasteiger partial charge is 0.357 e. The lowest BCUT2D eigenvalue weighted by Gasteiger charge is -2.33. The molecule has 0 atom stereocenters. The molecule has 7 heteroatoms. The summed E-state index contributed by atoms with van der Waals surface area (Å²) in [6.07, 6.45) is 2.48. The standard InChI is InChI=1S/C20H30F2N4.HI/c1-4-23-20(24-11-8-16-6-5-7-18(21)19(16)22)25-17-9-12-26(13-10-17)14-15(2)3;/h5-7,17H,2,4,8-14H2,1,3H3,(H2,23,24,25);1H. The molecule has 0 radical (unpaired) electrons. The first-order valence-corrected chi connectivity index (χ1v) is 9.34. The topological polar surface area (TPSA) is 39.7 Å². The van der Waals surface area contributed by atoms with Crippen molar-refractivity contribution in [1.29, 1.82) is 0 Å². The van der Waals surface area contributed by atoms with Gasteiger partial charge in [0, 0.05) is 38.8 Å². The summed E-state index contributed by atoms with van der Waals surface area (Å²) in [6.45, 7) is 12.2. The minimum Gasteiger partial charge on any atom is -0.357 e. The van der Waals surface area contributed by atoms with Crippen LogP contribution in [0.3, 0.4) is 0 Å². The van der Waals surface area contributed by atoms with Crippen LogP contribution in [0.5, 0.6) is 0 Å². The molecule has 0 bridgehead atoms. The Morgan fingerprint density at radius 3 is 2.63 bits per heavy atom. The molecule has 4 nitrogen and oxygen atoms in total. The predicted octanol–water partition coefficient (Wildman–Crippen LogP) is 3.72. The van der Waals surface area contributed by atoms with Gasteiger partial charge in [0.25, 0.3) is 0 Å². The van der Waals surface area contributed by atoms with E-state index in [0.717, 1.165) is 51.0 Å². The number of nitrogens with one attached hydrogen (secondary N) is 2. The summed E-state index contributed by atoms with van der Waals surface area (Å²) in [4.78, 5) is 6.93. The van der Waals surface area contributed by atoms with Crippen molar-refractivity contribution in [3.8, 4) is 0 Å². The number of halogens is 3. The van der Waals surface area contributed by atoms with Crippen LogP contribution in [0.2, 0.25) is 0 Å². The van der Waals surface area contributed by atoms with Gasteiger partial charge in [-0.1, -0.05) is 24.3 Å². The average Bonchev–Trinajstić information content (AvgIpc) is 2.60. The van der Waals surface area contributed by atoms with Gasteiger partial charge in [-0.3, -0.25) is 9.89 Å².